The van der Waals surface area contributed by atoms with Gasteiger partial charge in [-0.2, -0.15) is 0 Å². The van der Waals surface area contributed by atoms with E-state index in [1.807, 2.05) is 39.0 Å². The van der Waals surface area contributed by atoms with Crippen molar-refractivity contribution in [3.63, 3.8) is 0 Å². The molecule has 0 unspecified atom stereocenters. The highest BCUT2D eigenvalue weighted by molar-refractivity contribution is 5.76. The molecule has 0 fully saturated rings. The first-order valence-electron chi connectivity index (χ1n) is 8.25. The molecule has 0 spiro atoms. The van der Waals surface area contributed by atoms with Crippen molar-refractivity contribution in [2.75, 3.05) is 13.2 Å². The van der Waals surface area contributed by atoms with Gasteiger partial charge in [-0.05, 0) is 44.5 Å². The van der Waals surface area contributed by atoms with Crippen LogP contribution in [0.25, 0.3) is 0 Å². The molecule has 2 rings (SSSR count). The second-order valence-corrected chi connectivity index (χ2v) is 5.39. The lowest BCUT2D eigenvalue weighted by atomic mass is 10.1. The van der Waals surface area contributed by atoms with Gasteiger partial charge < -0.3 is 14.8 Å². The second-order valence-electron chi connectivity index (χ2n) is 5.39. The summed E-state index contributed by atoms with van der Waals surface area (Å²) in [4.78, 5) is 27.4. The van der Waals surface area contributed by atoms with Gasteiger partial charge >= 0.3 is 5.69 Å². The zero-order valence-corrected chi connectivity index (χ0v) is 14.7. The second kappa shape index (κ2) is 8.86. The number of carbonyl (C=O) groups excluding carboxylic acids is 1. The summed E-state index contributed by atoms with van der Waals surface area (Å²) < 4.78 is 12.4. The minimum absolute atomic E-state index is 0.0770. The fraction of sp³-hybridized carbons (Fsp3) is 0.389. The van der Waals surface area contributed by atoms with E-state index in [2.05, 4.69) is 10.3 Å². The number of carbonyl (C=O) groups is 1. The number of amides is 1. The van der Waals surface area contributed by atoms with Crippen molar-refractivity contribution in [2.45, 2.75) is 33.4 Å². The number of rotatable bonds is 8. The van der Waals surface area contributed by atoms with Crippen LogP contribution < -0.4 is 20.5 Å². The lowest BCUT2D eigenvalue weighted by Crippen LogP contribution is -2.34. The Hall–Kier alpha value is -2.83. The molecule has 0 saturated heterocycles. The van der Waals surface area contributed by atoms with E-state index >= 15 is 0 Å². The van der Waals surface area contributed by atoms with E-state index in [4.69, 9.17) is 9.47 Å². The average molecular weight is 345 g/mol. The molecule has 1 atom stereocenters. The van der Waals surface area contributed by atoms with Crippen molar-refractivity contribution in [2.24, 2.45) is 0 Å². The summed E-state index contributed by atoms with van der Waals surface area (Å²) in [6, 6.07) is 6.94. The quantitative estimate of drug-likeness (QED) is 0.790. The Morgan fingerprint density at radius 1 is 1.24 bits per heavy atom. The molecule has 25 heavy (non-hydrogen) atoms. The van der Waals surface area contributed by atoms with E-state index in [0.29, 0.717) is 24.7 Å². The van der Waals surface area contributed by atoms with Crippen molar-refractivity contribution in [1.29, 1.82) is 0 Å². The fourth-order valence-electron chi connectivity index (χ4n) is 2.37. The molecule has 134 valence electrons. The van der Waals surface area contributed by atoms with Crippen LogP contribution in [0.1, 0.15) is 32.4 Å². The number of nitrogens with zero attached hydrogens (tertiary/aromatic N) is 2. The first kappa shape index (κ1) is 18.5. The minimum Gasteiger partial charge on any atom is -0.490 e. The van der Waals surface area contributed by atoms with Crippen LogP contribution in [-0.2, 0) is 11.3 Å². The van der Waals surface area contributed by atoms with Crippen molar-refractivity contribution in [1.82, 2.24) is 14.9 Å². The van der Waals surface area contributed by atoms with Crippen molar-refractivity contribution < 1.29 is 14.3 Å². The summed E-state index contributed by atoms with van der Waals surface area (Å²) >= 11 is 0. The third kappa shape index (κ3) is 5.07. The van der Waals surface area contributed by atoms with E-state index in [-0.39, 0.29) is 18.5 Å². The number of ether oxygens (including phenoxy) is 2. The van der Waals surface area contributed by atoms with Gasteiger partial charge in [-0.3, -0.25) is 9.36 Å². The summed E-state index contributed by atoms with van der Waals surface area (Å²) in [7, 11) is 0. The first-order chi connectivity index (χ1) is 12.0. The van der Waals surface area contributed by atoms with Gasteiger partial charge in [0.15, 0.2) is 11.5 Å². The summed E-state index contributed by atoms with van der Waals surface area (Å²) in [6.45, 7) is 6.67. The third-order valence-electron chi connectivity index (χ3n) is 3.54. The summed E-state index contributed by atoms with van der Waals surface area (Å²) in [6.07, 6.45) is 2.93. The normalized spacial score (nSPS) is 11.6. The van der Waals surface area contributed by atoms with Gasteiger partial charge in [0.25, 0.3) is 0 Å². The molecule has 1 amide bonds. The van der Waals surface area contributed by atoms with Gasteiger partial charge in [0.2, 0.25) is 5.91 Å². The van der Waals surface area contributed by atoms with Crippen molar-refractivity contribution in [3.05, 3.63) is 52.7 Å². The predicted octanol–water partition coefficient (Wildman–Crippen LogP) is 1.92. The van der Waals surface area contributed by atoms with Crippen LogP contribution in [0, 0.1) is 0 Å². The van der Waals surface area contributed by atoms with Gasteiger partial charge in [-0.25, -0.2) is 9.78 Å². The number of hydrogen-bond acceptors (Lipinski definition) is 5. The molecule has 0 aliphatic rings. The molecule has 1 heterocycles. The zero-order chi connectivity index (χ0) is 18.2. The third-order valence-corrected chi connectivity index (χ3v) is 3.54. The molecule has 7 nitrogen and oxygen atoms in total. The molecule has 0 bridgehead atoms. The molecular formula is C18H23N3O4. The molecule has 1 aromatic carbocycles. The zero-order valence-electron chi connectivity index (χ0n) is 14.7. The molecule has 0 radical (unpaired) electrons. The van der Waals surface area contributed by atoms with Crippen molar-refractivity contribution >= 4 is 5.91 Å². The van der Waals surface area contributed by atoms with E-state index in [1.54, 1.807) is 6.07 Å². The minimum atomic E-state index is -0.454. The summed E-state index contributed by atoms with van der Waals surface area (Å²) in [5.41, 5.74) is 0.434. The standard InChI is InChI=1S/C18H23N3O4/c1-4-24-15-8-7-14(11-16(15)25-5-2)13(3)20-17(22)12-21-10-6-9-19-18(21)23/h6-11,13H,4-5,12H2,1-3H3,(H,20,22)/t13-/m0/s1. The van der Waals surface area contributed by atoms with Crippen LogP contribution >= 0.6 is 0 Å². The smallest absolute Gasteiger partial charge is 0.347 e. The van der Waals surface area contributed by atoms with E-state index in [1.165, 1.54) is 17.0 Å². The Labute approximate surface area is 146 Å². The molecule has 1 aromatic heterocycles. The van der Waals surface area contributed by atoms with E-state index in [9.17, 15) is 9.59 Å². The van der Waals surface area contributed by atoms with Crippen LogP contribution in [0.5, 0.6) is 11.5 Å². The monoisotopic (exact) mass is 345 g/mol. The molecule has 7 heteroatoms. The number of nitrogens with one attached hydrogen (secondary N) is 1. The van der Waals surface area contributed by atoms with Gasteiger partial charge in [-0.1, -0.05) is 6.07 Å². The fourth-order valence-corrected chi connectivity index (χ4v) is 2.37. The molecule has 0 aliphatic heterocycles. The van der Waals surface area contributed by atoms with Crippen LogP contribution in [0.3, 0.4) is 0 Å². The van der Waals surface area contributed by atoms with Gasteiger partial charge in [0, 0.05) is 12.4 Å². The first-order valence-corrected chi connectivity index (χ1v) is 8.25. The highest BCUT2D eigenvalue weighted by atomic mass is 16.5. The maximum atomic E-state index is 12.2. The molecule has 0 aliphatic carbocycles. The maximum absolute atomic E-state index is 12.2. The molecular weight excluding hydrogens is 322 g/mol. The van der Waals surface area contributed by atoms with Crippen LogP contribution in [-0.4, -0.2) is 28.7 Å². The van der Waals surface area contributed by atoms with Crippen LogP contribution in [0.15, 0.2) is 41.5 Å². The Kier molecular flexibility index (Phi) is 6.56. The Morgan fingerprint density at radius 3 is 2.64 bits per heavy atom. The highest BCUT2D eigenvalue weighted by Gasteiger charge is 2.14. The van der Waals surface area contributed by atoms with Crippen LogP contribution in [0.4, 0.5) is 0 Å². The molecule has 1 N–H and O–H groups in total. The van der Waals surface area contributed by atoms with E-state index < -0.39 is 5.69 Å². The molecule has 0 saturated carbocycles. The topological polar surface area (TPSA) is 82.5 Å². The lowest BCUT2D eigenvalue weighted by Gasteiger charge is -2.17. The predicted molar refractivity (Wildman–Crippen MR) is 93.8 cm³/mol. The highest BCUT2D eigenvalue weighted by Crippen LogP contribution is 2.30. The van der Waals surface area contributed by atoms with E-state index in [0.717, 1.165) is 5.56 Å². The van der Waals surface area contributed by atoms with Gasteiger partial charge in [-0.15, -0.1) is 0 Å². The largest absolute Gasteiger partial charge is 0.490 e. The Morgan fingerprint density at radius 2 is 1.96 bits per heavy atom. The van der Waals surface area contributed by atoms with Crippen LogP contribution in [0.2, 0.25) is 0 Å². The Balaban J connectivity index is 2.08. The van der Waals surface area contributed by atoms with Crippen molar-refractivity contribution in [3.8, 4) is 11.5 Å². The summed E-state index contributed by atoms with van der Waals surface area (Å²) in [5, 5.41) is 2.87. The average Bonchev–Trinajstić information content (AvgIpc) is 2.59. The number of hydrogen-bond donors (Lipinski definition) is 1. The lowest BCUT2D eigenvalue weighted by molar-refractivity contribution is -0.122. The van der Waals surface area contributed by atoms with Gasteiger partial charge in [0.1, 0.15) is 6.54 Å². The summed E-state index contributed by atoms with van der Waals surface area (Å²) in [5.74, 6) is 1.05. The SMILES string of the molecule is CCOc1ccc([C@H](C)NC(=O)Cn2cccnc2=O)cc1OCC. The maximum Gasteiger partial charge on any atom is 0.347 e. The molecule has 2 aromatic rings. The number of aromatic nitrogens is 2. The van der Waals surface area contributed by atoms with Gasteiger partial charge in [0.05, 0.1) is 19.3 Å². The number of benzene rings is 1. The Bertz CT molecular complexity index is 773.